The van der Waals surface area contributed by atoms with Crippen LogP contribution in [-0.4, -0.2) is 48.0 Å². The number of aliphatic carboxylic acids is 1. The van der Waals surface area contributed by atoms with Crippen LogP contribution in [0.3, 0.4) is 0 Å². The van der Waals surface area contributed by atoms with E-state index in [2.05, 4.69) is 5.32 Å². The summed E-state index contributed by atoms with van der Waals surface area (Å²) in [7, 11) is 0. The molecular weight excluding hydrogens is 409 g/mol. The highest BCUT2D eigenvalue weighted by molar-refractivity contribution is 5.95. The lowest BCUT2D eigenvalue weighted by Gasteiger charge is -2.21. The fourth-order valence-electron chi connectivity index (χ4n) is 3.16. The highest BCUT2D eigenvalue weighted by atomic mass is 19.1. The molecule has 1 aliphatic rings. The van der Waals surface area contributed by atoms with Gasteiger partial charge < -0.3 is 24.6 Å². The van der Waals surface area contributed by atoms with Crippen molar-refractivity contribution < 1.29 is 33.7 Å². The molecule has 9 nitrogen and oxygen atoms in total. The first-order valence-electron chi connectivity index (χ1n) is 9.72. The molecule has 1 saturated heterocycles. The summed E-state index contributed by atoms with van der Waals surface area (Å²) in [5.74, 6) is -2.11. The molecule has 166 valence electrons. The van der Waals surface area contributed by atoms with Crippen LogP contribution in [-0.2, 0) is 9.53 Å². The summed E-state index contributed by atoms with van der Waals surface area (Å²) in [4.78, 5) is 12.0. The maximum Gasteiger partial charge on any atom is 0.330 e. The second kappa shape index (κ2) is 10.1. The Morgan fingerprint density at radius 1 is 1.35 bits per heavy atom. The van der Waals surface area contributed by atoms with E-state index in [1.165, 1.54) is 36.4 Å². The van der Waals surface area contributed by atoms with E-state index in [1.54, 1.807) is 12.4 Å². The van der Waals surface area contributed by atoms with Crippen LogP contribution in [0.2, 0.25) is 0 Å². The molecule has 0 bridgehead atoms. The maximum absolute atomic E-state index is 15.3. The summed E-state index contributed by atoms with van der Waals surface area (Å²) in [5, 5.41) is 28.9. The number of hydrogen-bond donors (Lipinski definition) is 5. The molecule has 10 heteroatoms. The molecule has 2 atom stereocenters. The molecule has 0 amide bonds. The van der Waals surface area contributed by atoms with Crippen molar-refractivity contribution in [1.29, 1.82) is 5.41 Å². The molecule has 0 aliphatic carbocycles. The van der Waals surface area contributed by atoms with Crippen molar-refractivity contribution in [3.63, 3.8) is 0 Å². The van der Waals surface area contributed by atoms with Crippen molar-refractivity contribution in [2.24, 2.45) is 0 Å². The number of carboxylic acids is 1. The topological polar surface area (TPSA) is 133 Å². The number of rotatable bonds is 9. The van der Waals surface area contributed by atoms with Crippen molar-refractivity contribution in [3.8, 4) is 11.5 Å². The molecular formula is C21H24FN3O6. The normalized spacial score (nSPS) is 16.4. The molecule has 5 N–H and O–H groups in total. The molecule has 0 aromatic heterocycles. The van der Waals surface area contributed by atoms with Gasteiger partial charge in [0, 0.05) is 29.3 Å². The first-order chi connectivity index (χ1) is 14.9. The van der Waals surface area contributed by atoms with Crippen molar-refractivity contribution in [3.05, 3.63) is 53.3 Å². The van der Waals surface area contributed by atoms with Crippen LogP contribution in [0.5, 0.6) is 11.5 Å². The van der Waals surface area contributed by atoms with E-state index in [0.717, 1.165) is 0 Å². The number of carboxylic acid groups (broad SMARTS) is 1. The van der Waals surface area contributed by atoms with E-state index in [9.17, 15) is 9.90 Å². The first-order valence-corrected chi connectivity index (χ1v) is 9.72. The van der Waals surface area contributed by atoms with Gasteiger partial charge in [-0.15, -0.1) is 0 Å². The number of halogens is 1. The van der Waals surface area contributed by atoms with E-state index < -0.39 is 17.8 Å². The molecule has 0 unspecified atom stereocenters. The molecule has 31 heavy (non-hydrogen) atoms. The van der Waals surface area contributed by atoms with Gasteiger partial charge in [0.1, 0.15) is 17.7 Å². The average Bonchev–Trinajstić information content (AvgIpc) is 3.27. The fourth-order valence-corrected chi connectivity index (χ4v) is 3.16. The number of ether oxygens (including phenoxy) is 3. The summed E-state index contributed by atoms with van der Waals surface area (Å²) in [6.07, 6.45) is 0.289. The number of hydroxylamine groups is 1. The van der Waals surface area contributed by atoms with Crippen LogP contribution < -0.4 is 20.3 Å². The summed E-state index contributed by atoms with van der Waals surface area (Å²) in [5.41, 5.74) is 2.36. The van der Waals surface area contributed by atoms with E-state index in [-0.39, 0.29) is 23.3 Å². The van der Waals surface area contributed by atoms with Gasteiger partial charge in [0.2, 0.25) is 0 Å². The summed E-state index contributed by atoms with van der Waals surface area (Å²) in [6, 6.07) is 7.38. The number of benzene rings is 2. The lowest BCUT2D eigenvalue weighted by atomic mass is 10.0. The first kappa shape index (κ1) is 22.3. The van der Waals surface area contributed by atoms with Crippen molar-refractivity contribution in [1.82, 2.24) is 5.48 Å². The number of hydrogen-bond acceptors (Lipinski definition) is 7. The molecule has 1 aliphatic heterocycles. The third-order valence-electron chi connectivity index (χ3n) is 4.69. The van der Waals surface area contributed by atoms with E-state index in [0.29, 0.717) is 43.2 Å². The summed E-state index contributed by atoms with van der Waals surface area (Å²) >= 11 is 0. The quantitative estimate of drug-likeness (QED) is 0.232. The van der Waals surface area contributed by atoms with Gasteiger partial charge in [0.25, 0.3) is 0 Å². The van der Waals surface area contributed by atoms with E-state index in [4.69, 9.17) is 24.8 Å². The Bertz CT molecular complexity index is 931. The van der Waals surface area contributed by atoms with Crippen molar-refractivity contribution in [2.75, 3.05) is 25.1 Å². The highest BCUT2D eigenvalue weighted by Crippen LogP contribution is 2.34. The van der Waals surface area contributed by atoms with Gasteiger partial charge in [-0.2, -0.15) is 0 Å². The molecule has 0 spiro atoms. The lowest BCUT2D eigenvalue weighted by molar-refractivity contribution is -0.138. The van der Waals surface area contributed by atoms with Gasteiger partial charge in [-0.3, -0.25) is 16.1 Å². The predicted molar refractivity (Wildman–Crippen MR) is 110 cm³/mol. The minimum absolute atomic E-state index is 0.0951. The second-order valence-corrected chi connectivity index (χ2v) is 6.84. The Balaban J connectivity index is 1.92. The van der Waals surface area contributed by atoms with Crippen LogP contribution >= 0.6 is 0 Å². The minimum Gasteiger partial charge on any atom is -0.494 e. The van der Waals surface area contributed by atoms with E-state index in [1.807, 2.05) is 0 Å². The molecule has 2 aromatic rings. The average molecular weight is 433 g/mol. The Morgan fingerprint density at radius 3 is 2.68 bits per heavy atom. The minimum atomic E-state index is -1.43. The van der Waals surface area contributed by atoms with Crippen LogP contribution in [0.15, 0.2) is 36.4 Å². The van der Waals surface area contributed by atoms with Gasteiger partial charge in [-0.05, 0) is 37.3 Å². The SMILES string of the molecule is CCOc1cc(O[C@@H]2CCOC2)c(F)c([C@H](Nc2ccc(C(=N)NO)cc2)C(=O)O)c1. The predicted octanol–water partition coefficient (Wildman–Crippen LogP) is 2.93. The third kappa shape index (κ3) is 5.41. The second-order valence-electron chi connectivity index (χ2n) is 6.84. The fraction of sp³-hybridized carbons (Fsp3) is 0.333. The summed E-state index contributed by atoms with van der Waals surface area (Å²) < 4.78 is 31.7. The van der Waals surface area contributed by atoms with Gasteiger partial charge in [0.15, 0.2) is 17.6 Å². The van der Waals surface area contributed by atoms with E-state index >= 15 is 4.39 Å². The molecule has 3 rings (SSSR count). The Hall–Kier alpha value is -3.37. The molecule has 2 aromatic carbocycles. The van der Waals surface area contributed by atoms with Crippen LogP contribution in [0, 0.1) is 11.2 Å². The number of nitrogens with one attached hydrogen (secondary N) is 3. The molecule has 0 saturated carbocycles. The summed E-state index contributed by atoms with van der Waals surface area (Å²) in [6.45, 7) is 2.93. The number of carbonyl (C=O) groups is 1. The van der Waals surface area contributed by atoms with Crippen LogP contribution in [0.4, 0.5) is 10.1 Å². The smallest absolute Gasteiger partial charge is 0.330 e. The van der Waals surface area contributed by atoms with Gasteiger partial charge >= 0.3 is 5.97 Å². The zero-order valence-electron chi connectivity index (χ0n) is 16.9. The molecule has 0 radical (unpaired) electrons. The monoisotopic (exact) mass is 433 g/mol. The highest BCUT2D eigenvalue weighted by Gasteiger charge is 2.28. The Morgan fingerprint density at radius 2 is 2.10 bits per heavy atom. The Kier molecular flexibility index (Phi) is 7.27. The number of anilines is 1. The van der Waals surface area contributed by atoms with Gasteiger partial charge in [-0.1, -0.05) is 0 Å². The van der Waals surface area contributed by atoms with Gasteiger partial charge in [0.05, 0.1) is 19.8 Å². The molecule has 1 heterocycles. The molecule has 1 fully saturated rings. The van der Waals surface area contributed by atoms with Gasteiger partial charge in [-0.25, -0.2) is 9.18 Å². The zero-order chi connectivity index (χ0) is 22.4. The maximum atomic E-state index is 15.3. The zero-order valence-corrected chi connectivity index (χ0v) is 16.9. The number of amidine groups is 1. The van der Waals surface area contributed by atoms with Crippen LogP contribution in [0.1, 0.15) is 30.5 Å². The largest absolute Gasteiger partial charge is 0.494 e. The third-order valence-corrected chi connectivity index (χ3v) is 4.69. The van der Waals surface area contributed by atoms with Crippen LogP contribution in [0.25, 0.3) is 0 Å². The van der Waals surface area contributed by atoms with Crippen molar-refractivity contribution in [2.45, 2.75) is 25.5 Å². The van der Waals surface area contributed by atoms with Crippen molar-refractivity contribution >= 4 is 17.5 Å². The lowest BCUT2D eigenvalue weighted by Crippen LogP contribution is -2.23. The standard InChI is InChI=1S/C21H24FN3O6/c1-2-30-15-9-16(18(22)17(10-15)31-14-7-8-29-11-14)19(21(26)27)24-13-5-3-12(4-6-13)20(23)25-28/h3-6,9-10,14,19,24,28H,2,7-8,11H2,1H3,(H2,23,25)(H,26,27)/t14-,19+/m1/s1. The Labute approximate surface area is 178 Å².